The first-order chi connectivity index (χ1) is 10.6. The highest BCUT2D eigenvalue weighted by atomic mass is 16.5. The van der Waals surface area contributed by atoms with Crippen molar-refractivity contribution in [2.45, 2.75) is 19.9 Å². The molecule has 0 N–H and O–H groups in total. The van der Waals surface area contributed by atoms with Crippen molar-refractivity contribution in [2.24, 2.45) is 5.41 Å². The van der Waals surface area contributed by atoms with Crippen molar-refractivity contribution < 1.29 is 14.3 Å². The highest BCUT2D eigenvalue weighted by Crippen LogP contribution is 2.26. The standard InChI is InChI=1S/C16H18N2O4/c1-16(9-21-10-16)11-22-15(20)6-7-18-13-5-3-2-4-12(13)14(19)8-17-18/h2-5,8H,6-7,9-11H2,1H3. The molecule has 1 aromatic carbocycles. The number of rotatable bonds is 5. The summed E-state index contributed by atoms with van der Waals surface area (Å²) in [4.78, 5) is 23.6. The van der Waals surface area contributed by atoms with E-state index in [0.29, 0.717) is 31.8 Å². The van der Waals surface area contributed by atoms with Crippen molar-refractivity contribution in [1.29, 1.82) is 0 Å². The van der Waals surface area contributed by atoms with Crippen LogP contribution in [0.25, 0.3) is 10.9 Å². The molecular formula is C16H18N2O4. The van der Waals surface area contributed by atoms with Gasteiger partial charge >= 0.3 is 5.97 Å². The molecule has 116 valence electrons. The first-order valence-electron chi connectivity index (χ1n) is 7.26. The predicted octanol–water partition coefficient (Wildman–Crippen LogP) is 1.37. The molecule has 0 atom stereocenters. The van der Waals surface area contributed by atoms with E-state index >= 15 is 0 Å². The maximum atomic E-state index is 11.8. The Bertz CT molecular complexity index is 749. The van der Waals surface area contributed by atoms with E-state index in [1.807, 2.05) is 25.1 Å². The number of para-hydroxylation sites is 1. The molecule has 1 aliphatic rings. The van der Waals surface area contributed by atoms with Gasteiger partial charge in [-0.2, -0.15) is 5.10 Å². The van der Waals surface area contributed by atoms with Gasteiger partial charge in [-0.1, -0.05) is 19.1 Å². The molecule has 1 saturated heterocycles. The number of fused-ring (bicyclic) bond motifs is 1. The van der Waals surface area contributed by atoms with Crippen LogP contribution in [-0.4, -0.2) is 35.6 Å². The molecule has 0 saturated carbocycles. The molecule has 6 nitrogen and oxygen atoms in total. The van der Waals surface area contributed by atoms with Crippen molar-refractivity contribution in [3.63, 3.8) is 0 Å². The SMILES string of the molecule is CC1(COC(=O)CCn2ncc(=O)c3ccccc32)COC1. The van der Waals surface area contributed by atoms with Gasteiger partial charge in [0.25, 0.3) is 0 Å². The molecule has 2 heterocycles. The fourth-order valence-electron chi connectivity index (χ4n) is 2.40. The fraction of sp³-hybridized carbons (Fsp3) is 0.438. The minimum atomic E-state index is -0.266. The Balaban J connectivity index is 1.63. The van der Waals surface area contributed by atoms with Crippen molar-refractivity contribution in [3.05, 3.63) is 40.7 Å². The number of ether oxygens (including phenoxy) is 2. The Labute approximate surface area is 127 Å². The molecule has 2 aromatic rings. The van der Waals surface area contributed by atoms with E-state index in [-0.39, 0.29) is 23.2 Å². The van der Waals surface area contributed by atoms with E-state index < -0.39 is 0 Å². The summed E-state index contributed by atoms with van der Waals surface area (Å²) in [6.45, 7) is 4.05. The molecular weight excluding hydrogens is 284 g/mol. The van der Waals surface area contributed by atoms with Crippen molar-refractivity contribution in [2.75, 3.05) is 19.8 Å². The van der Waals surface area contributed by atoms with Gasteiger partial charge in [0.05, 0.1) is 37.9 Å². The summed E-state index contributed by atoms with van der Waals surface area (Å²) in [7, 11) is 0. The third-order valence-electron chi connectivity index (χ3n) is 3.77. The van der Waals surface area contributed by atoms with Gasteiger partial charge in [-0.3, -0.25) is 14.3 Å². The Morgan fingerprint density at radius 1 is 1.41 bits per heavy atom. The van der Waals surface area contributed by atoms with Crippen LogP contribution in [0.1, 0.15) is 13.3 Å². The number of aryl methyl sites for hydroxylation is 1. The largest absolute Gasteiger partial charge is 0.465 e. The summed E-state index contributed by atoms with van der Waals surface area (Å²) in [5.74, 6) is -0.266. The second kappa shape index (κ2) is 5.88. The lowest BCUT2D eigenvalue weighted by atomic mass is 9.90. The Hall–Kier alpha value is -2.21. The molecule has 22 heavy (non-hydrogen) atoms. The van der Waals surface area contributed by atoms with Gasteiger partial charge in [0.1, 0.15) is 6.61 Å². The quantitative estimate of drug-likeness (QED) is 0.780. The van der Waals surface area contributed by atoms with Gasteiger partial charge < -0.3 is 9.47 Å². The molecule has 1 aliphatic heterocycles. The highest BCUT2D eigenvalue weighted by molar-refractivity contribution is 5.78. The zero-order chi connectivity index (χ0) is 15.6. The second-order valence-electron chi connectivity index (χ2n) is 5.96. The minimum Gasteiger partial charge on any atom is -0.465 e. The van der Waals surface area contributed by atoms with Crippen LogP contribution in [0.15, 0.2) is 35.3 Å². The number of esters is 1. The molecule has 3 rings (SSSR count). The van der Waals surface area contributed by atoms with Gasteiger partial charge in [-0.05, 0) is 12.1 Å². The lowest BCUT2D eigenvalue weighted by molar-refractivity contribution is -0.165. The lowest BCUT2D eigenvalue weighted by Crippen LogP contribution is -2.44. The zero-order valence-corrected chi connectivity index (χ0v) is 12.4. The second-order valence-corrected chi connectivity index (χ2v) is 5.96. The third kappa shape index (κ3) is 3.01. The Morgan fingerprint density at radius 3 is 2.91 bits per heavy atom. The van der Waals surface area contributed by atoms with E-state index in [0.717, 1.165) is 5.52 Å². The number of nitrogens with zero attached hydrogens (tertiary/aromatic N) is 2. The number of aromatic nitrogens is 2. The summed E-state index contributed by atoms with van der Waals surface area (Å²) < 4.78 is 12.1. The minimum absolute atomic E-state index is 0.0437. The Morgan fingerprint density at radius 2 is 2.18 bits per heavy atom. The van der Waals surface area contributed by atoms with Gasteiger partial charge in [-0.15, -0.1) is 0 Å². The molecule has 1 fully saturated rings. The molecule has 0 amide bonds. The molecule has 0 bridgehead atoms. The van der Waals surface area contributed by atoms with E-state index in [9.17, 15) is 9.59 Å². The first-order valence-corrected chi connectivity index (χ1v) is 7.26. The topological polar surface area (TPSA) is 70.4 Å². The third-order valence-corrected chi connectivity index (χ3v) is 3.77. The summed E-state index contributed by atoms with van der Waals surface area (Å²) >= 11 is 0. The Kier molecular flexibility index (Phi) is 3.94. The van der Waals surface area contributed by atoms with Crippen molar-refractivity contribution >= 4 is 16.9 Å². The average Bonchev–Trinajstić information content (AvgIpc) is 2.51. The molecule has 1 aromatic heterocycles. The number of hydrogen-bond acceptors (Lipinski definition) is 5. The maximum Gasteiger partial charge on any atom is 0.307 e. The highest BCUT2D eigenvalue weighted by Gasteiger charge is 2.34. The van der Waals surface area contributed by atoms with Crippen molar-refractivity contribution in [3.8, 4) is 0 Å². The summed E-state index contributed by atoms with van der Waals surface area (Å²) in [5, 5.41) is 4.69. The smallest absolute Gasteiger partial charge is 0.307 e. The lowest BCUT2D eigenvalue weighted by Gasteiger charge is -2.37. The number of hydrogen-bond donors (Lipinski definition) is 0. The molecule has 6 heteroatoms. The molecule has 0 unspecified atom stereocenters. The van der Waals surface area contributed by atoms with E-state index in [4.69, 9.17) is 9.47 Å². The van der Waals surface area contributed by atoms with Crippen LogP contribution in [0.5, 0.6) is 0 Å². The summed E-state index contributed by atoms with van der Waals surface area (Å²) in [6.07, 6.45) is 1.50. The van der Waals surface area contributed by atoms with Gasteiger partial charge in [0.15, 0.2) is 0 Å². The average molecular weight is 302 g/mol. The number of carbonyl (C=O) groups is 1. The first kappa shape index (κ1) is 14.7. The predicted molar refractivity (Wildman–Crippen MR) is 80.5 cm³/mol. The summed E-state index contributed by atoms with van der Waals surface area (Å²) in [5.41, 5.74) is 0.562. The van der Waals surface area contributed by atoms with E-state index in [2.05, 4.69) is 5.10 Å². The molecule has 0 radical (unpaired) electrons. The van der Waals surface area contributed by atoms with Crippen LogP contribution in [-0.2, 0) is 20.8 Å². The zero-order valence-electron chi connectivity index (χ0n) is 12.4. The van der Waals surface area contributed by atoms with Crippen LogP contribution in [0.3, 0.4) is 0 Å². The van der Waals surface area contributed by atoms with E-state index in [1.165, 1.54) is 6.20 Å². The van der Waals surface area contributed by atoms with Crippen LogP contribution < -0.4 is 5.43 Å². The van der Waals surface area contributed by atoms with Gasteiger partial charge in [0, 0.05) is 10.8 Å². The van der Waals surface area contributed by atoms with Gasteiger partial charge in [0.2, 0.25) is 5.43 Å². The van der Waals surface area contributed by atoms with Crippen LogP contribution in [0.4, 0.5) is 0 Å². The number of benzene rings is 1. The molecule has 0 spiro atoms. The van der Waals surface area contributed by atoms with Crippen LogP contribution in [0, 0.1) is 5.41 Å². The summed E-state index contributed by atoms with van der Waals surface area (Å²) in [6, 6.07) is 7.23. The van der Waals surface area contributed by atoms with Crippen LogP contribution in [0.2, 0.25) is 0 Å². The van der Waals surface area contributed by atoms with Gasteiger partial charge in [-0.25, -0.2) is 0 Å². The number of carbonyl (C=O) groups excluding carboxylic acids is 1. The molecule has 0 aliphatic carbocycles. The fourth-order valence-corrected chi connectivity index (χ4v) is 2.40. The van der Waals surface area contributed by atoms with Crippen molar-refractivity contribution in [1.82, 2.24) is 9.78 Å². The monoisotopic (exact) mass is 302 g/mol. The van der Waals surface area contributed by atoms with Crippen LogP contribution >= 0.6 is 0 Å². The maximum absolute atomic E-state index is 11.8. The normalized spacial score (nSPS) is 16.2. The van der Waals surface area contributed by atoms with E-state index in [1.54, 1.807) is 10.7 Å².